The molecule has 0 aromatic rings. The summed E-state index contributed by atoms with van der Waals surface area (Å²) in [5.74, 6) is 0. The van der Waals surface area contributed by atoms with Gasteiger partial charge in [-0.05, 0) is 39.8 Å². The molecular weight excluding hydrogens is 222 g/mol. The van der Waals surface area contributed by atoms with Crippen LogP contribution in [0.2, 0.25) is 0 Å². The van der Waals surface area contributed by atoms with Crippen LogP contribution in [0.5, 0.6) is 0 Å². The molecule has 1 saturated heterocycles. The highest BCUT2D eigenvalue weighted by atomic mass is 15.3. The maximum absolute atomic E-state index is 3.70. The Balaban J connectivity index is 2.51. The lowest BCUT2D eigenvalue weighted by molar-refractivity contribution is 0.0542. The highest BCUT2D eigenvalue weighted by Crippen LogP contribution is 2.16. The van der Waals surface area contributed by atoms with Crippen LogP contribution in [-0.2, 0) is 0 Å². The zero-order valence-corrected chi connectivity index (χ0v) is 13.1. The predicted molar refractivity (Wildman–Crippen MR) is 80.1 cm³/mol. The number of hydrogen-bond donors (Lipinski definition) is 1. The standard InChI is InChI=1S/C15H33N3/c1-6-9-16-15(8-3)13(4)18-11-10-17(5)14(7-2)12-18/h13-16H,6-12H2,1-5H3. The molecule has 0 aromatic carbocycles. The van der Waals surface area contributed by atoms with E-state index in [1.165, 1.54) is 38.9 Å². The lowest BCUT2D eigenvalue weighted by Gasteiger charge is -2.44. The van der Waals surface area contributed by atoms with E-state index in [9.17, 15) is 0 Å². The molecule has 108 valence electrons. The van der Waals surface area contributed by atoms with Crippen molar-refractivity contribution in [3.8, 4) is 0 Å². The first-order valence-electron chi connectivity index (χ1n) is 7.81. The summed E-state index contributed by atoms with van der Waals surface area (Å²) in [4.78, 5) is 5.20. The summed E-state index contributed by atoms with van der Waals surface area (Å²) < 4.78 is 0. The summed E-state index contributed by atoms with van der Waals surface area (Å²) in [6, 6.07) is 2.04. The third-order valence-electron chi connectivity index (χ3n) is 4.53. The van der Waals surface area contributed by atoms with Gasteiger partial charge in [0, 0.05) is 37.8 Å². The number of piperazine rings is 1. The van der Waals surface area contributed by atoms with Crippen molar-refractivity contribution in [3.63, 3.8) is 0 Å². The second-order valence-corrected chi connectivity index (χ2v) is 5.75. The van der Waals surface area contributed by atoms with Crippen LogP contribution < -0.4 is 5.32 Å². The summed E-state index contributed by atoms with van der Waals surface area (Å²) in [6.07, 6.45) is 3.72. The average molecular weight is 255 g/mol. The van der Waals surface area contributed by atoms with Gasteiger partial charge in [-0.15, -0.1) is 0 Å². The third-order valence-corrected chi connectivity index (χ3v) is 4.53. The van der Waals surface area contributed by atoms with Gasteiger partial charge in [0.1, 0.15) is 0 Å². The second-order valence-electron chi connectivity index (χ2n) is 5.75. The van der Waals surface area contributed by atoms with E-state index in [2.05, 4.69) is 49.9 Å². The summed E-state index contributed by atoms with van der Waals surface area (Å²) >= 11 is 0. The van der Waals surface area contributed by atoms with Crippen molar-refractivity contribution in [2.75, 3.05) is 33.2 Å². The SMILES string of the molecule is CCCNC(CC)C(C)N1CCN(C)C(CC)C1. The fraction of sp³-hybridized carbons (Fsp3) is 1.00. The van der Waals surface area contributed by atoms with E-state index in [1.54, 1.807) is 0 Å². The molecule has 1 N–H and O–H groups in total. The minimum Gasteiger partial charge on any atom is -0.312 e. The van der Waals surface area contributed by atoms with Crippen LogP contribution in [-0.4, -0.2) is 61.2 Å². The number of hydrogen-bond acceptors (Lipinski definition) is 3. The maximum Gasteiger partial charge on any atom is 0.0222 e. The van der Waals surface area contributed by atoms with Gasteiger partial charge in [0.05, 0.1) is 0 Å². The minimum atomic E-state index is 0.644. The zero-order chi connectivity index (χ0) is 13.5. The van der Waals surface area contributed by atoms with Crippen molar-refractivity contribution in [1.82, 2.24) is 15.1 Å². The molecule has 3 nitrogen and oxygen atoms in total. The molecule has 1 aliphatic rings. The first-order valence-corrected chi connectivity index (χ1v) is 7.81. The molecule has 0 radical (unpaired) electrons. The van der Waals surface area contributed by atoms with Gasteiger partial charge in [0.15, 0.2) is 0 Å². The molecule has 3 atom stereocenters. The van der Waals surface area contributed by atoms with Gasteiger partial charge in [0.2, 0.25) is 0 Å². The molecule has 0 spiro atoms. The van der Waals surface area contributed by atoms with Gasteiger partial charge in [-0.3, -0.25) is 4.90 Å². The Hall–Kier alpha value is -0.120. The molecule has 3 heteroatoms. The Morgan fingerprint density at radius 3 is 2.50 bits per heavy atom. The van der Waals surface area contributed by atoms with E-state index < -0.39 is 0 Å². The zero-order valence-electron chi connectivity index (χ0n) is 13.1. The molecule has 1 fully saturated rings. The smallest absolute Gasteiger partial charge is 0.0222 e. The van der Waals surface area contributed by atoms with Gasteiger partial charge in [-0.1, -0.05) is 20.8 Å². The Kier molecular flexibility index (Phi) is 7.20. The van der Waals surface area contributed by atoms with E-state index in [0.717, 1.165) is 12.6 Å². The van der Waals surface area contributed by atoms with Crippen molar-refractivity contribution in [3.05, 3.63) is 0 Å². The Bertz CT molecular complexity index is 220. The summed E-state index contributed by atoms with van der Waals surface area (Å²) in [5, 5.41) is 3.70. The van der Waals surface area contributed by atoms with Gasteiger partial charge >= 0.3 is 0 Å². The minimum absolute atomic E-state index is 0.644. The van der Waals surface area contributed by atoms with E-state index in [-0.39, 0.29) is 0 Å². The molecule has 3 unspecified atom stereocenters. The predicted octanol–water partition coefficient (Wildman–Crippen LogP) is 2.18. The first kappa shape index (κ1) is 15.9. The lowest BCUT2D eigenvalue weighted by atomic mass is 10.0. The Morgan fingerprint density at radius 2 is 1.94 bits per heavy atom. The van der Waals surface area contributed by atoms with E-state index in [4.69, 9.17) is 0 Å². The third kappa shape index (κ3) is 4.22. The molecule has 1 aliphatic heterocycles. The molecular formula is C15H33N3. The highest BCUT2D eigenvalue weighted by Gasteiger charge is 2.28. The number of nitrogens with zero attached hydrogens (tertiary/aromatic N) is 2. The lowest BCUT2D eigenvalue weighted by Crippen LogP contribution is -2.58. The van der Waals surface area contributed by atoms with Crippen molar-refractivity contribution in [1.29, 1.82) is 0 Å². The number of likely N-dealkylation sites (N-methyl/N-ethyl adjacent to an activating group) is 1. The van der Waals surface area contributed by atoms with Crippen LogP contribution in [0.4, 0.5) is 0 Å². The van der Waals surface area contributed by atoms with Crippen LogP contribution >= 0.6 is 0 Å². The van der Waals surface area contributed by atoms with Crippen LogP contribution in [0.15, 0.2) is 0 Å². The molecule has 0 bridgehead atoms. The normalized spacial score (nSPS) is 26.2. The number of rotatable bonds is 7. The maximum atomic E-state index is 3.70. The monoisotopic (exact) mass is 255 g/mol. The molecule has 18 heavy (non-hydrogen) atoms. The molecule has 0 aromatic heterocycles. The van der Waals surface area contributed by atoms with Crippen LogP contribution in [0.1, 0.15) is 47.0 Å². The quantitative estimate of drug-likeness (QED) is 0.752. The van der Waals surface area contributed by atoms with Crippen molar-refractivity contribution >= 4 is 0 Å². The highest BCUT2D eigenvalue weighted by molar-refractivity contribution is 4.87. The first-order chi connectivity index (χ1) is 8.63. The largest absolute Gasteiger partial charge is 0.312 e. The molecule has 1 rings (SSSR count). The van der Waals surface area contributed by atoms with Crippen LogP contribution in [0.25, 0.3) is 0 Å². The summed E-state index contributed by atoms with van der Waals surface area (Å²) in [5.41, 5.74) is 0. The van der Waals surface area contributed by atoms with Gasteiger partial charge < -0.3 is 10.2 Å². The molecule has 0 amide bonds. The van der Waals surface area contributed by atoms with E-state index >= 15 is 0 Å². The molecule has 0 aliphatic carbocycles. The Morgan fingerprint density at radius 1 is 1.22 bits per heavy atom. The van der Waals surface area contributed by atoms with Crippen LogP contribution in [0.3, 0.4) is 0 Å². The molecule has 0 saturated carbocycles. The molecule has 1 heterocycles. The van der Waals surface area contributed by atoms with Gasteiger partial charge in [-0.25, -0.2) is 0 Å². The van der Waals surface area contributed by atoms with Gasteiger partial charge in [0.25, 0.3) is 0 Å². The fourth-order valence-corrected chi connectivity index (χ4v) is 3.02. The summed E-state index contributed by atoms with van der Waals surface area (Å²) in [6.45, 7) is 14.1. The van der Waals surface area contributed by atoms with Gasteiger partial charge in [-0.2, -0.15) is 0 Å². The second kappa shape index (κ2) is 8.13. The van der Waals surface area contributed by atoms with Crippen molar-refractivity contribution < 1.29 is 0 Å². The summed E-state index contributed by atoms with van der Waals surface area (Å²) in [7, 11) is 2.27. The topological polar surface area (TPSA) is 18.5 Å². The fourth-order valence-electron chi connectivity index (χ4n) is 3.02. The van der Waals surface area contributed by atoms with Crippen LogP contribution in [0, 0.1) is 0 Å². The Labute approximate surface area is 114 Å². The average Bonchev–Trinajstić information content (AvgIpc) is 2.40. The van der Waals surface area contributed by atoms with E-state index in [1.807, 2.05) is 0 Å². The van der Waals surface area contributed by atoms with E-state index in [0.29, 0.717) is 12.1 Å². The van der Waals surface area contributed by atoms with Crippen molar-refractivity contribution in [2.45, 2.75) is 65.1 Å². The van der Waals surface area contributed by atoms with Crippen molar-refractivity contribution in [2.24, 2.45) is 0 Å². The number of nitrogens with one attached hydrogen (secondary N) is 1.